The molecule has 2 aromatic rings. The summed E-state index contributed by atoms with van der Waals surface area (Å²) in [5.74, 6) is 1.14. The van der Waals surface area contributed by atoms with Crippen molar-refractivity contribution in [2.24, 2.45) is 0 Å². The molecule has 0 aliphatic carbocycles. The van der Waals surface area contributed by atoms with Crippen LogP contribution >= 0.6 is 0 Å². The van der Waals surface area contributed by atoms with Crippen LogP contribution in [0.2, 0.25) is 0 Å². The second kappa shape index (κ2) is 3.53. The molecule has 0 aliphatic heterocycles. The molecule has 2 rings (SSSR count). The van der Waals surface area contributed by atoms with Gasteiger partial charge >= 0.3 is 0 Å². The first kappa shape index (κ1) is 8.80. The first-order chi connectivity index (χ1) is 6.77. The standard InChI is InChI=1S/C9H11N5/c1-7(2)8-3-9(12-5-11-8)14-6-10-4-13-14/h3-7H,1-2H3. The summed E-state index contributed by atoms with van der Waals surface area (Å²) >= 11 is 0. The van der Waals surface area contributed by atoms with Crippen molar-refractivity contribution in [1.82, 2.24) is 24.7 Å². The molecule has 0 spiro atoms. The summed E-state index contributed by atoms with van der Waals surface area (Å²) in [6.07, 6.45) is 4.65. The molecule has 0 unspecified atom stereocenters. The maximum absolute atomic E-state index is 4.18. The average Bonchev–Trinajstić information content (AvgIpc) is 2.71. The molecule has 0 aliphatic rings. The molecule has 14 heavy (non-hydrogen) atoms. The van der Waals surface area contributed by atoms with Gasteiger partial charge in [0.2, 0.25) is 0 Å². The van der Waals surface area contributed by atoms with E-state index in [0.717, 1.165) is 11.5 Å². The SMILES string of the molecule is CC(C)c1cc(-n2cncn2)ncn1. The van der Waals surface area contributed by atoms with Gasteiger partial charge in [-0.3, -0.25) is 0 Å². The van der Waals surface area contributed by atoms with E-state index in [1.54, 1.807) is 17.3 Å². The first-order valence-corrected chi connectivity index (χ1v) is 4.44. The number of hydrogen-bond donors (Lipinski definition) is 0. The Balaban J connectivity index is 2.41. The van der Waals surface area contributed by atoms with Crippen molar-refractivity contribution in [3.05, 3.63) is 30.7 Å². The average molecular weight is 189 g/mol. The highest BCUT2D eigenvalue weighted by atomic mass is 15.3. The fourth-order valence-electron chi connectivity index (χ4n) is 1.13. The fourth-order valence-corrected chi connectivity index (χ4v) is 1.13. The predicted octanol–water partition coefficient (Wildman–Crippen LogP) is 1.18. The molecule has 5 heteroatoms. The maximum atomic E-state index is 4.18. The van der Waals surface area contributed by atoms with E-state index in [4.69, 9.17) is 0 Å². The Morgan fingerprint density at radius 2 is 2.07 bits per heavy atom. The quantitative estimate of drug-likeness (QED) is 0.711. The summed E-state index contributed by atoms with van der Waals surface area (Å²) in [5.41, 5.74) is 1.01. The zero-order valence-electron chi connectivity index (χ0n) is 8.12. The zero-order chi connectivity index (χ0) is 9.97. The molecule has 0 bridgehead atoms. The van der Waals surface area contributed by atoms with Crippen LogP contribution in [-0.4, -0.2) is 24.7 Å². The lowest BCUT2D eigenvalue weighted by Crippen LogP contribution is -2.01. The third-order valence-electron chi connectivity index (χ3n) is 1.92. The van der Waals surface area contributed by atoms with Crippen LogP contribution < -0.4 is 0 Å². The van der Waals surface area contributed by atoms with Gasteiger partial charge in [0, 0.05) is 11.8 Å². The maximum Gasteiger partial charge on any atom is 0.158 e. The molecule has 0 amide bonds. The minimum Gasteiger partial charge on any atom is -0.241 e. The summed E-state index contributed by atoms with van der Waals surface area (Å²) in [6, 6.07) is 1.92. The monoisotopic (exact) mass is 189 g/mol. The van der Waals surface area contributed by atoms with Gasteiger partial charge in [0.05, 0.1) is 0 Å². The van der Waals surface area contributed by atoms with Crippen LogP contribution in [0.4, 0.5) is 0 Å². The van der Waals surface area contributed by atoms with Crippen molar-refractivity contribution in [2.45, 2.75) is 19.8 Å². The largest absolute Gasteiger partial charge is 0.241 e. The van der Waals surface area contributed by atoms with E-state index in [2.05, 4.69) is 33.9 Å². The molecule has 0 saturated carbocycles. The van der Waals surface area contributed by atoms with Gasteiger partial charge in [0.15, 0.2) is 5.82 Å². The zero-order valence-corrected chi connectivity index (χ0v) is 8.12. The van der Waals surface area contributed by atoms with E-state index in [1.165, 1.54) is 6.33 Å². The lowest BCUT2D eigenvalue weighted by Gasteiger charge is -2.05. The minimum absolute atomic E-state index is 0.389. The van der Waals surface area contributed by atoms with Gasteiger partial charge in [0.25, 0.3) is 0 Å². The number of rotatable bonds is 2. The highest BCUT2D eigenvalue weighted by Gasteiger charge is 2.04. The fraction of sp³-hybridized carbons (Fsp3) is 0.333. The normalized spacial score (nSPS) is 10.8. The van der Waals surface area contributed by atoms with E-state index in [1.807, 2.05) is 6.07 Å². The number of aromatic nitrogens is 5. The summed E-state index contributed by atoms with van der Waals surface area (Å²) in [7, 11) is 0. The molecule has 72 valence electrons. The van der Waals surface area contributed by atoms with E-state index in [0.29, 0.717) is 5.92 Å². The summed E-state index contributed by atoms with van der Waals surface area (Å²) in [5, 5.41) is 4.00. The second-order valence-electron chi connectivity index (χ2n) is 3.30. The Labute approximate surface area is 81.8 Å². The molecule has 5 nitrogen and oxygen atoms in total. The molecule has 0 N–H and O–H groups in total. The molecule has 0 radical (unpaired) electrons. The number of nitrogens with zero attached hydrogens (tertiary/aromatic N) is 5. The van der Waals surface area contributed by atoms with E-state index < -0.39 is 0 Å². The molecule has 0 aromatic carbocycles. The van der Waals surface area contributed by atoms with Gasteiger partial charge in [-0.2, -0.15) is 5.10 Å². The van der Waals surface area contributed by atoms with Crippen LogP contribution in [0.5, 0.6) is 0 Å². The van der Waals surface area contributed by atoms with Gasteiger partial charge in [-0.05, 0) is 5.92 Å². The molecule has 2 heterocycles. The van der Waals surface area contributed by atoms with Gasteiger partial charge in [-0.25, -0.2) is 19.6 Å². The van der Waals surface area contributed by atoms with Crippen molar-refractivity contribution >= 4 is 0 Å². The molecule has 0 saturated heterocycles. The minimum atomic E-state index is 0.389. The first-order valence-electron chi connectivity index (χ1n) is 4.44. The van der Waals surface area contributed by atoms with Crippen LogP contribution in [0.1, 0.15) is 25.5 Å². The molecule has 0 atom stereocenters. The van der Waals surface area contributed by atoms with Crippen molar-refractivity contribution in [3.63, 3.8) is 0 Å². The Bertz CT molecular complexity index is 407. The van der Waals surface area contributed by atoms with Crippen molar-refractivity contribution < 1.29 is 0 Å². The molecular weight excluding hydrogens is 178 g/mol. The topological polar surface area (TPSA) is 56.5 Å². The highest BCUT2D eigenvalue weighted by Crippen LogP contribution is 2.12. The summed E-state index contributed by atoms with van der Waals surface area (Å²) < 4.78 is 1.62. The Morgan fingerprint density at radius 3 is 2.71 bits per heavy atom. The van der Waals surface area contributed by atoms with Crippen LogP contribution in [-0.2, 0) is 0 Å². The van der Waals surface area contributed by atoms with E-state index in [-0.39, 0.29) is 0 Å². The van der Waals surface area contributed by atoms with Gasteiger partial charge in [-0.1, -0.05) is 13.8 Å². The van der Waals surface area contributed by atoms with Gasteiger partial charge < -0.3 is 0 Å². The van der Waals surface area contributed by atoms with Crippen molar-refractivity contribution in [2.75, 3.05) is 0 Å². The Kier molecular flexibility index (Phi) is 2.22. The number of hydrogen-bond acceptors (Lipinski definition) is 4. The van der Waals surface area contributed by atoms with Crippen molar-refractivity contribution in [3.8, 4) is 5.82 Å². The third-order valence-corrected chi connectivity index (χ3v) is 1.92. The lowest BCUT2D eigenvalue weighted by molar-refractivity contribution is 0.783. The molecular formula is C9H11N5. The van der Waals surface area contributed by atoms with Gasteiger partial charge in [0.1, 0.15) is 19.0 Å². The van der Waals surface area contributed by atoms with Gasteiger partial charge in [-0.15, -0.1) is 0 Å². The van der Waals surface area contributed by atoms with Crippen LogP contribution in [0.15, 0.2) is 25.0 Å². The lowest BCUT2D eigenvalue weighted by atomic mass is 10.1. The summed E-state index contributed by atoms with van der Waals surface area (Å²) in [4.78, 5) is 12.2. The van der Waals surface area contributed by atoms with E-state index >= 15 is 0 Å². The smallest absolute Gasteiger partial charge is 0.158 e. The highest BCUT2D eigenvalue weighted by molar-refractivity contribution is 5.22. The van der Waals surface area contributed by atoms with Crippen molar-refractivity contribution in [1.29, 1.82) is 0 Å². The third kappa shape index (κ3) is 1.61. The molecule has 0 fully saturated rings. The van der Waals surface area contributed by atoms with Crippen LogP contribution in [0.3, 0.4) is 0 Å². The van der Waals surface area contributed by atoms with Crippen LogP contribution in [0.25, 0.3) is 5.82 Å². The second-order valence-corrected chi connectivity index (χ2v) is 3.30. The summed E-state index contributed by atoms with van der Waals surface area (Å²) in [6.45, 7) is 4.18. The Morgan fingerprint density at radius 1 is 1.21 bits per heavy atom. The van der Waals surface area contributed by atoms with Crippen LogP contribution in [0, 0.1) is 0 Å². The Hall–Kier alpha value is -1.78. The van der Waals surface area contributed by atoms with E-state index in [9.17, 15) is 0 Å². The predicted molar refractivity (Wildman–Crippen MR) is 51.0 cm³/mol. The molecule has 2 aromatic heterocycles.